The molecule has 0 saturated carbocycles. The number of para-hydroxylation sites is 1. The quantitative estimate of drug-likeness (QED) is 0.743. The van der Waals surface area contributed by atoms with E-state index in [4.69, 9.17) is 4.74 Å². The molecule has 3 unspecified atom stereocenters. The van der Waals surface area contributed by atoms with Crippen LogP contribution in [0.4, 0.5) is 11.4 Å². The van der Waals surface area contributed by atoms with Crippen molar-refractivity contribution < 1.29 is 9.53 Å². The summed E-state index contributed by atoms with van der Waals surface area (Å²) in [6.07, 6.45) is 5.61. The summed E-state index contributed by atoms with van der Waals surface area (Å²) in [5.74, 6) is 1.71. The van der Waals surface area contributed by atoms with Gasteiger partial charge >= 0.3 is 0 Å². The lowest BCUT2D eigenvalue weighted by atomic mass is 9.76. The van der Waals surface area contributed by atoms with E-state index in [2.05, 4.69) is 47.1 Å². The zero-order valence-electron chi connectivity index (χ0n) is 16.0. The van der Waals surface area contributed by atoms with Gasteiger partial charge in [-0.1, -0.05) is 44.2 Å². The van der Waals surface area contributed by atoms with Crippen molar-refractivity contribution in [3.8, 4) is 5.75 Å². The maximum absolute atomic E-state index is 12.1. The molecule has 4 rings (SSSR count). The van der Waals surface area contributed by atoms with Crippen LogP contribution in [0.5, 0.6) is 5.75 Å². The molecule has 0 bridgehead atoms. The van der Waals surface area contributed by atoms with Crippen molar-refractivity contribution in [1.29, 1.82) is 0 Å². The molecule has 140 valence electrons. The highest BCUT2D eigenvalue weighted by molar-refractivity contribution is 5.92. The number of carbonyl (C=O) groups excluding carboxylic acids is 1. The number of fused-ring (bicyclic) bond motifs is 3. The second-order valence-electron chi connectivity index (χ2n) is 7.66. The minimum Gasteiger partial charge on any atom is -0.496 e. The van der Waals surface area contributed by atoms with Crippen molar-refractivity contribution in [1.82, 2.24) is 0 Å². The number of carbonyl (C=O) groups is 1. The number of nitrogens with one attached hydrogen (secondary N) is 2. The van der Waals surface area contributed by atoms with Gasteiger partial charge < -0.3 is 15.4 Å². The third-order valence-corrected chi connectivity index (χ3v) is 5.63. The van der Waals surface area contributed by atoms with Crippen LogP contribution in [-0.4, -0.2) is 13.0 Å². The largest absolute Gasteiger partial charge is 0.496 e. The van der Waals surface area contributed by atoms with Gasteiger partial charge in [0.25, 0.3) is 0 Å². The Hall–Kier alpha value is -2.75. The molecule has 2 N–H and O–H groups in total. The number of hydrogen-bond donors (Lipinski definition) is 2. The van der Waals surface area contributed by atoms with E-state index in [0.29, 0.717) is 11.8 Å². The van der Waals surface area contributed by atoms with E-state index in [9.17, 15) is 4.79 Å². The Morgan fingerprint density at radius 3 is 2.78 bits per heavy atom. The molecule has 0 spiro atoms. The Morgan fingerprint density at radius 2 is 2.00 bits per heavy atom. The predicted molar refractivity (Wildman–Crippen MR) is 109 cm³/mol. The summed E-state index contributed by atoms with van der Waals surface area (Å²) in [5, 5.41) is 6.75. The van der Waals surface area contributed by atoms with Gasteiger partial charge in [0.05, 0.1) is 13.2 Å². The average molecular weight is 362 g/mol. The van der Waals surface area contributed by atoms with Gasteiger partial charge in [-0.3, -0.25) is 4.79 Å². The van der Waals surface area contributed by atoms with Crippen LogP contribution in [0.25, 0.3) is 0 Å². The number of rotatable bonds is 4. The van der Waals surface area contributed by atoms with E-state index in [1.54, 1.807) is 7.11 Å². The second kappa shape index (κ2) is 7.10. The first kappa shape index (κ1) is 17.7. The fourth-order valence-electron chi connectivity index (χ4n) is 4.19. The van der Waals surface area contributed by atoms with E-state index in [-0.39, 0.29) is 17.9 Å². The molecule has 0 fully saturated rings. The number of hydrogen-bond acceptors (Lipinski definition) is 3. The maximum atomic E-state index is 12.1. The maximum Gasteiger partial charge on any atom is 0.226 e. The van der Waals surface area contributed by atoms with E-state index in [0.717, 1.165) is 23.5 Å². The van der Waals surface area contributed by atoms with E-state index < -0.39 is 0 Å². The van der Waals surface area contributed by atoms with Crippen LogP contribution in [0.3, 0.4) is 0 Å². The Bertz CT molecular complexity index is 888. The molecule has 27 heavy (non-hydrogen) atoms. The van der Waals surface area contributed by atoms with Gasteiger partial charge in [-0.25, -0.2) is 0 Å². The Morgan fingerprint density at radius 1 is 1.19 bits per heavy atom. The molecule has 1 aliphatic heterocycles. The minimum absolute atomic E-state index is 0.0341. The molecule has 2 aliphatic rings. The van der Waals surface area contributed by atoms with Crippen molar-refractivity contribution in [3.63, 3.8) is 0 Å². The first-order valence-electron chi connectivity index (χ1n) is 9.59. The molecular weight excluding hydrogens is 336 g/mol. The second-order valence-corrected chi connectivity index (χ2v) is 7.66. The predicted octanol–water partition coefficient (Wildman–Crippen LogP) is 5.12. The molecule has 0 radical (unpaired) electrons. The lowest BCUT2D eigenvalue weighted by Crippen LogP contribution is -2.29. The third kappa shape index (κ3) is 3.20. The fourth-order valence-corrected chi connectivity index (χ4v) is 4.19. The standard InChI is InChI=1S/C23H26N2O2/c1-14(2)23(26)24-15-11-12-20-19(13-15)16-8-6-9-17(16)22(25-20)18-7-4-5-10-21(18)27-3/h4-8,10-14,16-17,22,25H,9H2,1-3H3,(H,24,26). The van der Waals surface area contributed by atoms with Gasteiger partial charge in [0, 0.05) is 28.8 Å². The number of ether oxygens (including phenoxy) is 1. The van der Waals surface area contributed by atoms with Crippen LogP contribution in [0.15, 0.2) is 54.6 Å². The van der Waals surface area contributed by atoms with Crippen molar-refractivity contribution in [2.45, 2.75) is 32.2 Å². The van der Waals surface area contributed by atoms with Crippen molar-refractivity contribution in [3.05, 3.63) is 65.7 Å². The lowest BCUT2D eigenvalue weighted by Gasteiger charge is -2.38. The van der Waals surface area contributed by atoms with E-state index in [1.807, 2.05) is 32.0 Å². The SMILES string of the molecule is COc1ccccc1C1Nc2ccc(NC(=O)C(C)C)cc2C2C=CCC21. The first-order valence-corrected chi connectivity index (χ1v) is 9.59. The summed E-state index contributed by atoms with van der Waals surface area (Å²) in [6.45, 7) is 3.81. The van der Waals surface area contributed by atoms with Gasteiger partial charge in [0.2, 0.25) is 5.91 Å². The molecule has 4 nitrogen and oxygen atoms in total. The molecule has 4 heteroatoms. The van der Waals surface area contributed by atoms with Gasteiger partial charge in [-0.15, -0.1) is 0 Å². The van der Waals surface area contributed by atoms with Crippen LogP contribution in [0, 0.1) is 11.8 Å². The minimum atomic E-state index is -0.0341. The number of anilines is 2. The van der Waals surface area contributed by atoms with Gasteiger partial charge in [-0.05, 0) is 42.2 Å². The zero-order chi connectivity index (χ0) is 19.0. The number of benzene rings is 2. The number of amides is 1. The van der Waals surface area contributed by atoms with Gasteiger partial charge in [-0.2, -0.15) is 0 Å². The highest BCUT2D eigenvalue weighted by atomic mass is 16.5. The molecule has 0 aromatic heterocycles. The Kier molecular flexibility index (Phi) is 4.65. The topological polar surface area (TPSA) is 50.4 Å². The average Bonchev–Trinajstić information content (AvgIpc) is 3.17. The number of methoxy groups -OCH3 is 1. The molecule has 3 atom stereocenters. The highest BCUT2D eigenvalue weighted by Crippen LogP contribution is 2.51. The monoisotopic (exact) mass is 362 g/mol. The van der Waals surface area contributed by atoms with E-state index in [1.165, 1.54) is 11.1 Å². The third-order valence-electron chi connectivity index (χ3n) is 5.63. The summed E-state index contributed by atoms with van der Waals surface area (Å²) >= 11 is 0. The smallest absolute Gasteiger partial charge is 0.226 e. The summed E-state index contributed by atoms with van der Waals surface area (Å²) in [4.78, 5) is 12.1. The first-order chi connectivity index (χ1) is 13.1. The van der Waals surface area contributed by atoms with Crippen LogP contribution >= 0.6 is 0 Å². The molecule has 1 aliphatic carbocycles. The normalized spacial score (nSPS) is 22.7. The molecule has 1 heterocycles. The molecule has 1 amide bonds. The molecule has 0 saturated heterocycles. The highest BCUT2D eigenvalue weighted by Gasteiger charge is 2.39. The summed E-state index contributed by atoms with van der Waals surface area (Å²) in [7, 11) is 1.73. The van der Waals surface area contributed by atoms with Crippen LogP contribution in [-0.2, 0) is 4.79 Å². The molecule has 2 aromatic carbocycles. The Labute approximate surface area is 160 Å². The zero-order valence-corrected chi connectivity index (χ0v) is 16.0. The summed E-state index contributed by atoms with van der Waals surface area (Å²) in [5.41, 5.74) is 4.44. The Balaban J connectivity index is 1.69. The van der Waals surface area contributed by atoms with Crippen LogP contribution in [0.2, 0.25) is 0 Å². The lowest BCUT2D eigenvalue weighted by molar-refractivity contribution is -0.118. The fraction of sp³-hybridized carbons (Fsp3) is 0.348. The number of allylic oxidation sites excluding steroid dienone is 2. The summed E-state index contributed by atoms with van der Waals surface area (Å²) < 4.78 is 5.61. The van der Waals surface area contributed by atoms with E-state index >= 15 is 0 Å². The van der Waals surface area contributed by atoms with Crippen molar-refractivity contribution in [2.24, 2.45) is 11.8 Å². The summed E-state index contributed by atoms with van der Waals surface area (Å²) in [6, 6.07) is 14.6. The molecule has 2 aromatic rings. The van der Waals surface area contributed by atoms with Gasteiger partial charge in [0.15, 0.2) is 0 Å². The van der Waals surface area contributed by atoms with Crippen molar-refractivity contribution >= 4 is 17.3 Å². The molecular formula is C23H26N2O2. The van der Waals surface area contributed by atoms with Crippen LogP contribution in [0.1, 0.15) is 43.4 Å². The van der Waals surface area contributed by atoms with Crippen molar-refractivity contribution in [2.75, 3.05) is 17.7 Å². The van der Waals surface area contributed by atoms with Crippen LogP contribution < -0.4 is 15.4 Å². The van der Waals surface area contributed by atoms with Gasteiger partial charge in [0.1, 0.15) is 5.75 Å².